The minimum absolute atomic E-state index is 0.175. The quantitative estimate of drug-likeness (QED) is 0.812. The summed E-state index contributed by atoms with van der Waals surface area (Å²) in [7, 11) is 0. The third-order valence-electron chi connectivity index (χ3n) is 2.40. The molecule has 2 aromatic heterocycles. The molecule has 17 heavy (non-hydrogen) atoms. The zero-order chi connectivity index (χ0) is 12.4. The van der Waals surface area contributed by atoms with E-state index in [1.165, 1.54) is 0 Å². The second-order valence-corrected chi connectivity index (χ2v) is 3.92. The minimum atomic E-state index is -0.272. The second kappa shape index (κ2) is 4.45. The molecule has 2 rings (SSSR count). The summed E-state index contributed by atoms with van der Waals surface area (Å²) in [6.07, 6.45) is 3.90. The highest BCUT2D eigenvalue weighted by Crippen LogP contribution is 2.15. The predicted molar refractivity (Wildman–Crippen MR) is 64.7 cm³/mol. The van der Waals surface area contributed by atoms with E-state index in [1.807, 2.05) is 23.6 Å². The van der Waals surface area contributed by atoms with Crippen LogP contribution in [0.25, 0.3) is 5.65 Å². The van der Waals surface area contributed by atoms with Crippen molar-refractivity contribution < 1.29 is 9.53 Å². The molecule has 90 valence electrons. The minimum Gasteiger partial charge on any atom is -0.466 e. The van der Waals surface area contributed by atoms with E-state index in [0.717, 1.165) is 5.56 Å². The molecule has 0 aromatic carbocycles. The topological polar surface area (TPSA) is 69.6 Å². The lowest BCUT2D eigenvalue weighted by atomic mass is 10.3. The Kier molecular flexibility index (Phi) is 2.99. The summed E-state index contributed by atoms with van der Waals surface area (Å²) < 4.78 is 6.71. The first-order valence-electron chi connectivity index (χ1n) is 5.49. The van der Waals surface area contributed by atoms with Gasteiger partial charge in [-0.15, -0.1) is 0 Å². The Hall–Kier alpha value is -2.04. The predicted octanol–water partition coefficient (Wildman–Crippen LogP) is 1.33. The number of anilines is 1. The molecule has 2 N–H and O–H groups in total. The lowest BCUT2D eigenvalue weighted by Crippen LogP contribution is -2.07. The molecule has 0 aliphatic heterocycles. The van der Waals surface area contributed by atoms with Gasteiger partial charge < -0.3 is 14.9 Å². The normalized spacial score (nSPS) is 10.7. The maximum absolute atomic E-state index is 11.3. The summed E-state index contributed by atoms with van der Waals surface area (Å²) in [5.41, 5.74) is 8.87. The van der Waals surface area contributed by atoms with Crippen molar-refractivity contribution >= 4 is 17.3 Å². The summed E-state index contributed by atoms with van der Waals surface area (Å²) in [6, 6.07) is 1.86. The van der Waals surface area contributed by atoms with Crippen LogP contribution in [0.3, 0.4) is 0 Å². The average Bonchev–Trinajstić information content (AvgIpc) is 2.60. The third-order valence-corrected chi connectivity index (χ3v) is 2.40. The molecule has 5 heteroatoms. The number of nitrogen functional groups attached to an aromatic ring is 1. The Morgan fingerprint density at radius 3 is 3.00 bits per heavy atom. The summed E-state index contributed by atoms with van der Waals surface area (Å²) >= 11 is 0. The SMILES string of the molecule is CCOC(=O)Cc1cn2cc(C)cc(N)c2n1. The maximum Gasteiger partial charge on any atom is 0.311 e. The first-order chi connectivity index (χ1) is 8.10. The fraction of sp³-hybridized carbons (Fsp3) is 0.333. The molecule has 0 saturated carbocycles. The molecule has 0 aliphatic carbocycles. The van der Waals surface area contributed by atoms with Crippen LogP contribution >= 0.6 is 0 Å². The Morgan fingerprint density at radius 1 is 1.53 bits per heavy atom. The van der Waals surface area contributed by atoms with Gasteiger partial charge in [0.2, 0.25) is 0 Å². The van der Waals surface area contributed by atoms with Crippen molar-refractivity contribution in [1.29, 1.82) is 0 Å². The number of aromatic nitrogens is 2. The highest BCUT2D eigenvalue weighted by molar-refractivity contribution is 5.73. The van der Waals surface area contributed by atoms with E-state index < -0.39 is 0 Å². The average molecular weight is 233 g/mol. The molecule has 0 saturated heterocycles. The molecule has 0 aliphatic rings. The van der Waals surface area contributed by atoms with Crippen LogP contribution in [0.15, 0.2) is 18.5 Å². The monoisotopic (exact) mass is 233 g/mol. The van der Waals surface area contributed by atoms with Crippen molar-refractivity contribution in [1.82, 2.24) is 9.38 Å². The molecule has 0 atom stereocenters. The number of hydrogen-bond acceptors (Lipinski definition) is 4. The van der Waals surface area contributed by atoms with Crippen LogP contribution in [-0.4, -0.2) is 22.0 Å². The highest BCUT2D eigenvalue weighted by Gasteiger charge is 2.09. The lowest BCUT2D eigenvalue weighted by Gasteiger charge is -1.98. The van der Waals surface area contributed by atoms with Gasteiger partial charge in [-0.3, -0.25) is 4.79 Å². The fourth-order valence-electron chi connectivity index (χ4n) is 1.77. The van der Waals surface area contributed by atoms with Gasteiger partial charge in [0.05, 0.1) is 24.4 Å². The van der Waals surface area contributed by atoms with E-state index in [9.17, 15) is 4.79 Å². The van der Waals surface area contributed by atoms with E-state index in [1.54, 1.807) is 13.1 Å². The van der Waals surface area contributed by atoms with Gasteiger partial charge in [0.15, 0.2) is 5.65 Å². The van der Waals surface area contributed by atoms with Gasteiger partial charge >= 0.3 is 5.97 Å². The number of hydrogen-bond donors (Lipinski definition) is 1. The molecular weight excluding hydrogens is 218 g/mol. The smallest absolute Gasteiger partial charge is 0.311 e. The van der Waals surface area contributed by atoms with Crippen LogP contribution in [0, 0.1) is 6.92 Å². The van der Waals surface area contributed by atoms with Gasteiger partial charge in [0.1, 0.15) is 0 Å². The van der Waals surface area contributed by atoms with Crippen molar-refractivity contribution in [2.75, 3.05) is 12.3 Å². The number of imidazole rings is 1. The summed E-state index contributed by atoms with van der Waals surface area (Å²) in [5.74, 6) is -0.272. The van der Waals surface area contributed by atoms with Crippen molar-refractivity contribution in [2.45, 2.75) is 20.3 Å². The third kappa shape index (κ3) is 2.38. The zero-order valence-electron chi connectivity index (χ0n) is 9.93. The van der Waals surface area contributed by atoms with Gasteiger partial charge in [0.25, 0.3) is 0 Å². The van der Waals surface area contributed by atoms with Crippen molar-refractivity contribution in [3.05, 3.63) is 29.7 Å². The summed E-state index contributed by atoms with van der Waals surface area (Å²) in [6.45, 7) is 4.12. The number of pyridine rings is 1. The molecule has 0 fully saturated rings. The largest absolute Gasteiger partial charge is 0.466 e. The lowest BCUT2D eigenvalue weighted by molar-refractivity contribution is -0.142. The van der Waals surface area contributed by atoms with Gasteiger partial charge in [-0.1, -0.05) is 0 Å². The first-order valence-corrected chi connectivity index (χ1v) is 5.49. The molecular formula is C12H15N3O2. The van der Waals surface area contributed by atoms with E-state index in [2.05, 4.69) is 4.98 Å². The molecule has 0 bridgehead atoms. The Labute approximate surface area is 99.2 Å². The molecule has 2 aromatic rings. The van der Waals surface area contributed by atoms with Gasteiger partial charge in [-0.2, -0.15) is 0 Å². The zero-order valence-corrected chi connectivity index (χ0v) is 9.93. The van der Waals surface area contributed by atoms with Gasteiger partial charge in [0, 0.05) is 12.4 Å². The number of fused-ring (bicyclic) bond motifs is 1. The Bertz CT molecular complexity index is 560. The number of nitrogens with zero attached hydrogens (tertiary/aromatic N) is 2. The number of ether oxygens (including phenoxy) is 1. The number of carbonyl (C=O) groups is 1. The Morgan fingerprint density at radius 2 is 2.29 bits per heavy atom. The van der Waals surface area contributed by atoms with Crippen LogP contribution in [0.1, 0.15) is 18.2 Å². The molecule has 0 spiro atoms. The number of rotatable bonds is 3. The number of aryl methyl sites for hydroxylation is 1. The molecule has 5 nitrogen and oxygen atoms in total. The van der Waals surface area contributed by atoms with E-state index in [0.29, 0.717) is 23.6 Å². The standard InChI is InChI=1S/C12H15N3O2/c1-3-17-11(16)5-9-7-15-6-8(2)4-10(13)12(15)14-9/h4,6-7H,3,5,13H2,1-2H3. The molecule has 0 amide bonds. The van der Waals surface area contributed by atoms with Crippen molar-refractivity contribution in [2.24, 2.45) is 0 Å². The van der Waals surface area contributed by atoms with Crippen LogP contribution in [-0.2, 0) is 16.0 Å². The van der Waals surface area contributed by atoms with Crippen LogP contribution in [0.5, 0.6) is 0 Å². The Balaban J connectivity index is 2.32. The molecule has 0 radical (unpaired) electrons. The van der Waals surface area contributed by atoms with Crippen LogP contribution in [0.4, 0.5) is 5.69 Å². The van der Waals surface area contributed by atoms with Crippen LogP contribution < -0.4 is 5.73 Å². The first kappa shape index (κ1) is 11.4. The number of carbonyl (C=O) groups excluding carboxylic acids is 1. The second-order valence-electron chi connectivity index (χ2n) is 3.92. The van der Waals surface area contributed by atoms with Gasteiger partial charge in [-0.25, -0.2) is 4.98 Å². The van der Waals surface area contributed by atoms with E-state index in [-0.39, 0.29) is 12.4 Å². The van der Waals surface area contributed by atoms with Crippen molar-refractivity contribution in [3.63, 3.8) is 0 Å². The van der Waals surface area contributed by atoms with E-state index >= 15 is 0 Å². The summed E-state index contributed by atoms with van der Waals surface area (Å²) in [4.78, 5) is 15.7. The number of nitrogens with two attached hydrogens (primary N) is 1. The van der Waals surface area contributed by atoms with Gasteiger partial charge in [-0.05, 0) is 25.5 Å². The fourth-order valence-corrected chi connectivity index (χ4v) is 1.77. The highest BCUT2D eigenvalue weighted by atomic mass is 16.5. The van der Waals surface area contributed by atoms with E-state index in [4.69, 9.17) is 10.5 Å². The summed E-state index contributed by atoms with van der Waals surface area (Å²) in [5, 5.41) is 0. The number of esters is 1. The molecule has 0 unspecified atom stereocenters. The van der Waals surface area contributed by atoms with Crippen LogP contribution in [0.2, 0.25) is 0 Å². The maximum atomic E-state index is 11.3. The van der Waals surface area contributed by atoms with Crippen molar-refractivity contribution in [3.8, 4) is 0 Å². The molecule has 2 heterocycles.